The second-order valence-electron chi connectivity index (χ2n) is 6.33. The summed E-state index contributed by atoms with van der Waals surface area (Å²) in [4.78, 5) is 9.06. The first-order valence-corrected chi connectivity index (χ1v) is 7.89. The number of hydrogen-bond donors (Lipinski definition) is 3. The van der Waals surface area contributed by atoms with E-state index in [1.807, 2.05) is 0 Å². The molecular weight excluding hydrogens is 264 g/mol. The van der Waals surface area contributed by atoms with Gasteiger partial charge in [0.2, 0.25) is 5.95 Å². The minimum atomic E-state index is 0.387. The van der Waals surface area contributed by atoms with Gasteiger partial charge in [0, 0.05) is 13.1 Å². The Labute approximate surface area is 125 Å². The quantitative estimate of drug-likeness (QED) is 0.761. The highest BCUT2D eigenvalue weighted by Gasteiger charge is 2.28. The van der Waals surface area contributed by atoms with Crippen LogP contribution in [0.5, 0.6) is 0 Å². The highest BCUT2D eigenvalue weighted by atomic mass is 15.2. The van der Waals surface area contributed by atoms with Crippen molar-refractivity contribution in [3.63, 3.8) is 0 Å². The highest BCUT2D eigenvalue weighted by Crippen LogP contribution is 2.37. The Morgan fingerprint density at radius 2 is 2.05 bits per heavy atom. The highest BCUT2D eigenvalue weighted by molar-refractivity contribution is 5.86. The van der Waals surface area contributed by atoms with Crippen LogP contribution < -0.4 is 10.6 Å². The normalized spacial score (nSPS) is 17.2. The van der Waals surface area contributed by atoms with Crippen LogP contribution in [-0.4, -0.2) is 33.3 Å². The standard InChI is InChI=1S/C15H24N6/c1-3-8-16-14-19-12(11-9-18-21-13(11)20-14)17-10-15(2)6-4-5-7-15/h9H,3-8,10H2,1-2H3,(H3,16,17,18,19,20,21). The largest absolute Gasteiger partial charge is 0.369 e. The lowest BCUT2D eigenvalue weighted by Crippen LogP contribution is -2.23. The summed E-state index contributed by atoms with van der Waals surface area (Å²) in [5.41, 5.74) is 1.17. The fourth-order valence-corrected chi connectivity index (χ4v) is 2.99. The third kappa shape index (κ3) is 3.09. The number of aromatic amines is 1. The SMILES string of the molecule is CCCNc1nc(NCC2(C)CCCC2)c2cn[nH]c2n1. The van der Waals surface area contributed by atoms with Crippen LogP contribution in [0.25, 0.3) is 11.0 Å². The molecule has 21 heavy (non-hydrogen) atoms. The van der Waals surface area contributed by atoms with Crippen molar-refractivity contribution in [2.24, 2.45) is 5.41 Å². The second kappa shape index (κ2) is 5.87. The molecule has 0 amide bonds. The molecule has 1 fully saturated rings. The Morgan fingerprint density at radius 1 is 1.24 bits per heavy atom. The van der Waals surface area contributed by atoms with Crippen LogP contribution in [0.15, 0.2) is 6.20 Å². The molecule has 6 nitrogen and oxygen atoms in total. The van der Waals surface area contributed by atoms with Gasteiger partial charge >= 0.3 is 0 Å². The average molecular weight is 288 g/mol. The minimum absolute atomic E-state index is 0.387. The Hall–Kier alpha value is -1.85. The molecule has 2 aromatic rings. The number of hydrogen-bond acceptors (Lipinski definition) is 5. The molecule has 3 N–H and O–H groups in total. The molecule has 0 aliphatic heterocycles. The summed E-state index contributed by atoms with van der Waals surface area (Å²) in [5, 5.41) is 14.7. The van der Waals surface area contributed by atoms with E-state index in [9.17, 15) is 0 Å². The number of rotatable bonds is 6. The summed E-state index contributed by atoms with van der Waals surface area (Å²) in [6.45, 7) is 6.31. The lowest BCUT2D eigenvalue weighted by molar-refractivity contribution is 0.362. The number of nitrogens with zero attached hydrogens (tertiary/aromatic N) is 3. The van der Waals surface area contributed by atoms with Gasteiger partial charge in [0.15, 0.2) is 5.65 Å². The summed E-state index contributed by atoms with van der Waals surface area (Å²) < 4.78 is 0. The molecule has 0 saturated heterocycles. The van der Waals surface area contributed by atoms with Gasteiger partial charge in [-0.15, -0.1) is 0 Å². The van der Waals surface area contributed by atoms with Crippen molar-refractivity contribution >= 4 is 22.8 Å². The van der Waals surface area contributed by atoms with Gasteiger partial charge in [-0.3, -0.25) is 5.10 Å². The van der Waals surface area contributed by atoms with Crippen molar-refractivity contribution in [2.75, 3.05) is 23.7 Å². The van der Waals surface area contributed by atoms with Crippen molar-refractivity contribution in [2.45, 2.75) is 46.0 Å². The van der Waals surface area contributed by atoms with Gasteiger partial charge in [-0.2, -0.15) is 15.1 Å². The molecule has 2 aromatic heterocycles. The Morgan fingerprint density at radius 3 is 2.81 bits per heavy atom. The second-order valence-corrected chi connectivity index (χ2v) is 6.33. The molecule has 0 aromatic carbocycles. The van der Waals surface area contributed by atoms with Crippen LogP contribution in [0.4, 0.5) is 11.8 Å². The van der Waals surface area contributed by atoms with Crippen LogP contribution >= 0.6 is 0 Å². The molecule has 114 valence electrons. The fraction of sp³-hybridized carbons (Fsp3) is 0.667. The maximum absolute atomic E-state index is 4.61. The first kappa shape index (κ1) is 14.1. The molecule has 0 spiro atoms. The monoisotopic (exact) mass is 288 g/mol. The van der Waals surface area contributed by atoms with E-state index in [0.717, 1.165) is 36.4 Å². The Balaban J connectivity index is 1.80. The summed E-state index contributed by atoms with van der Waals surface area (Å²) in [6.07, 6.45) is 8.10. The molecule has 6 heteroatoms. The summed E-state index contributed by atoms with van der Waals surface area (Å²) >= 11 is 0. The lowest BCUT2D eigenvalue weighted by atomic mass is 9.89. The minimum Gasteiger partial charge on any atom is -0.369 e. The van der Waals surface area contributed by atoms with Gasteiger partial charge in [-0.05, 0) is 24.7 Å². The zero-order valence-corrected chi connectivity index (χ0v) is 12.9. The molecule has 2 heterocycles. The topological polar surface area (TPSA) is 78.5 Å². The van der Waals surface area contributed by atoms with Gasteiger partial charge in [0.05, 0.1) is 11.6 Å². The van der Waals surface area contributed by atoms with Gasteiger partial charge in [-0.1, -0.05) is 26.7 Å². The molecule has 1 aliphatic rings. The van der Waals surface area contributed by atoms with E-state index in [1.54, 1.807) is 6.20 Å². The number of anilines is 2. The number of aromatic nitrogens is 4. The van der Waals surface area contributed by atoms with E-state index in [4.69, 9.17) is 0 Å². The third-order valence-electron chi connectivity index (χ3n) is 4.34. The molecular formula is C15H24N6. The van der Waals surface area contributed by atoms with Gasteiger partial charge in [0.1, 0.15) is 5.82 Å². The predicted molar refractivity (Wildman–Crippen MR) is 85.5 cm³/mol. The summed E-state index contributed by atoms with van der Waals surface area (Å²) in [7, 11) is 0. The molecule has 1 aliphatic carbocycles. The third-order valence-corrected chi connectivity index (χ3v) is 4.34. The van der Waals surface area contributed by atoms with Crippen LogP contribution in [0.1, 0.15) is 46.0 Å². The average Bonchev–Trinajstić information content (AvgIpc) is 3.12. The maximum Gasteiger partial charge on any atom is 0.226 e. The van der Waals surface area contributed by atoms with Crippen LogP contribution in [-0.2, 0) is 0 Å². The van der Waals surface area contributed by atoms with Crippen molar-refractivity contribution < 1.29 is 0 Å². The number of H-pyrrole nitrogens is 1. The first-order chi connectivity index (χ1) is 10.2. The summed E-state index contributed by atoms with van der Waals surface area (Å²) in [5.74, 6) is 1.54. The summed E-state index contributed by atoms with van der Waals surface area (Å²) in [6, 6.07) is 0. The number of nitrogens with one attached hydrogen (secondary N) is 3. The smallest absolute Gasteiger partial charge is 0.226 e. The van der Waals surface area contributed by atoms with Crippen LogP contribution in [0, 0.1) is 5.41 Å². The van der Waals surface area contributed by atoms with E-state index >= 15 is 0 Å². The van der Waals surface area contributed by atoms with Gasteiger partial charge in [-0.25, -0.2) is 0 Å². The zero-order chi connectivity index (χ0) is 14.7. The maximum atomic E-state index is 4.61. The van der Waals surface area contributed by atoms with Crippen molar-refractivity contribution in [3.05, 3.63) is 6.20 Å². The van der Waals surface area contributed by atoms with Crippen molar-refractivity contribution in [3.8, 4) is 0 Å². The number of fused-ring (bicyclic) bond motifs is 1. The molecule has 1 saturated carbocycles. The van der Waals surface area contributed by atoms with E-state index in [1.165, 1.54) is 25.7 Å². The Kier molecular flexibility index (Phi) is 3.94. The van der Waals surface area contributed by atoms with Gasteiger partial charge in [0.25, 0.3) is 0 Å². The molecule has 0 radical (unpaired) electrons. The fourth-order valence-electron chi connectivity index (χ4n) is 2.99. The zero-order valence-electron chi connectivity index (χ0n) is 12.9. The van der Waals surface area contributed by atoms with E-state index in [0.29, 0.717) is 11.4 Å². The molecule has 0 atom stereocenters. The molecule has 3 rings (SSSR count). The molecule has 0 bridgehead atoms. The van der Waals surface area contributed by atoms with Crippen LogP contribution in [0.3, 0.4) is 0 Å². The van der Waals surface area contributed by atoms with Crippen molar-refractivity contribution in [1.29, 1.82) is 0 Å². The molecule has 0 unspecified atom stereocenters. The predicted octanol–water partition coefficient (Wildman–Crippen LogP) is 3.17. The first-order valence-electron chi connectivity index (χ1n) is 7.89. The lowest BCUT2D eigenvalue weighted by Gasteiger charge is -2.24. The Bertz CT molecular complexity index is 599. The van der Waals surface area contributed by atoms with Crippen molar-refractivity contribution in [1.82, 2.24) is 20.2 Å². The van der Waals surface area contributed by atoms with Gasteiger partial charge < -0.3 is 10.6 Å². The van der Waals surface area contributed by atoms with E-state index in [-0.39, 0.29) is 0 Å². The van der Waals surface area contributed by atoms with E-state index < -0.39 is 0 Å². The van der Waals surface area contributed by atoms with Crippen LogP contribution in [0.2, 0.25) is 0 Å². The van der Waals surface area contributed by atoms with E-state index in [2.05, 4.69) is 44.6 Å².